The van der Waals surface area contributed by atoms with Gasteiger partial charge in [-0.05, 0) is 26.2 Å². The molecule has 5 nitrogen and oxygen atoms in total. The molecule has 2 unspecified atom stereocenters. The van der Waals surface area contributed by atoms with Gasteiger partial charge in [-0.1, -0.05) is 13.8 Å². The Hall–Kier alpha value is -0.620. The smallest absolute Gasteiger partial charge is 0.333 e. The largest absolute Gasteiger partial charge is 0.479 e. The average Bonchev–Trinajstić information content (AvgIpc) is 2.35. The molecule has 0 aromatic carbocycles. The highest BCUT2D eigenvalue weighted by Crippen LogP contribution is 2.48. The van der Waals surface area contributed by atoms with Gasteiger partial charge in [-0.2, -0.15) is 0 Å². The van der Waals surface area contributed by atoms with Gasteiger partial charge in [-0.3, -0.25) is 0 Å². The molecule has 17 heavy (non-hydrogen) atoms. The van der Waals surface area contributed by atoms with Crippen LogP contribution >= 0.6 is 0 Å². The maximum Gasteiger partial charge on any atom is 0.333 e. The predicted molar refractivity (Wildman–Crippen MR) is 63.4 cm³/mol. The van der Waals surface area contributed by atoms with Crippen LogP contribution in [0.2, 0.25) is 0 Å². The number of rotatable bonds is 3. The maximum atomic E-state index is 11.9. The van der Waals surface area contributed by atoms with Crippen molar-refractivity contribution in [2.24, 2.45) is 11.3 Å². The number of carboxylic acid groups (broad SMARTS) is 1. The van der Waals surface area contributed by atoms with Crippen molar-refractivity contribution in [2.75, 3.05) is 5.75 Å². The lowest BCUT2D eigenvalue weighted by Crippen LogP contribution is -2.49. The summed E-state index contributed by atoms with van der Waals surface area (Å²) in [6.45, 7) is 6.44. The first kappa shape index (κ1) is 14.4. The third-order valence-corrected chi connectivity index (χ3v) is 6.81. The van der Waals surface area contributed by atoms with Gasteiger partial charge in [0.15, 0.2) is 15.9 Å². The van der Waals surface area contributed by atoms with Gasteiger partial charge in [0.1, 0.15) is 0 Å². The predicted octanol–water partition coefficient (Wildman–Crippen LogP) is 0.671. The number of hydrogen-bond donors (Lipinski definition) is 2. The lowest BCUT2D eigenvalue weighted by atomic mass is 9.68. The first-order valence-electron chi connectivity index (χ1n) is 5.58. The molecule has 0 spiro atoms. The minimum Gasteiger partial charge on any atom is -0.479 e. The van der Waals surface area contributed by atoms with Crippen molar-refractivity contribution in [3.05, 3.63) is 0 Å². The number of carbonyl (C=O) groups is 1. The Balaban J connectivity index is 3.15. The van der Waals surface area contributed by atoms with Crippen molar-refractivity contribution in [2.45, 2.75) is 45.0 Å². The van der Waals surface area contributed by atoms with E-state index in [4.69, 9.17) is 5.11 Å². The molecule has 0 aromatic rings. The second kappa shape index (κ2) is 3.95. The van der Waals surface area contributed by atoms with Gasteiger partial charge in [-0.25, -0.2) is 13.2 Å². The van der Waals surface area contributed by atoms with Gasteiger partial charge in [0, 0.05) is 5.41 Å². The molecule has 2 N–H and O–H groups in total. The molecule has 0 aliphatic carbocycles. The van der Waals surface area contributed by atoms with E-state index in [2.05, 4.69) is 0 Å². The molecule has 0 bridgehead atoms. The summed E-state index contributed by atoms with van der Waals surface area (Å²) >= 11 is 0. The van der Waals surface area contributed by atoms with E-state index < -0.39 is 32.1 Å². The summed E-state index contributed by atoms with van der Waals surface area (Å²) in [4.78, 5) is 10.9. The zero-order valence-electron chi connectivity index (χ0n) is 10.6. The van der Waals surface area contributed by atoms with E-state index in [0.29, 0.717) is 6.42 Å². The standard InChI is InChI=1S/C11H20O5S/c1-10(2,8(12)9(13)14)7-5-6-17(15,16)11(7,3)4/h7-8,12H,5-6H2,1-4H3,(H,13,14). The highest BCUT2D eigenvalue weighted by molar-refractivity contribution is 7.93. The molecule has 1 heterocycles. The molecule has 0 radical (unpaired) electrons. The lowest BCUT2D eigenvalue weighted by molar-refractivity contribution is -0.156. The van der Waals surface area contributed by atoms with Gasteiger partial charge >= 0.3 is 5.97 Å². The Labute approximate surface area is 102 Å². The molecule has 2 atom stereocenters. The van der Waals surface area contributed by atoms with Crippen molar-refractivity contribution in [3.63, 3.8) is 0 Å². The summed E-state index contributed by atoms with van der Waals surface area (Å²) < 4.78 is 22.8. The first-order chi connectivity index (χ1) is 7.44. The summed E-state index contributed by atoms with van der Waals surface area (Å²) in [5.41, 5.74) is -0.973. The van der Waals surface area contributed by atoms with Crippen LogP contribution < -0.4 is 0 Å². The second-order valence-corrected chi connectivity index (χ2v) is 8.52. The van der Waals surface area contributed by atoms with E-state index >= 15 is 0 Å². The highest BCUT2D eigenvalue weighted by Gasteiger charge is 2.56. The minimum absolute atomic E-state index is 0.0560. The molecular weight excluding hydrogens is 244 g/mol. The molecule has 0 saturated carbocycles. The molecule has 0 amide bonds. The summed E-state index contributed by atoms with van der Waals surface area (Å²) in [5.74, 6) is -1.62. The van der Waals surface area contributed by atoms with E-state index in [-0.39, 0.29) is 11.7 Å². The van der Waals surface area contributed by atoms with Gasteiger partial charge in [0.05, 0.1) is 10.5 Å². The Bertz CT molecular complexity index is 421. The summed E-state index contributed by atoms with van der Waals surface area (Å²) in [6, 6.07) is 0. The van der Waals surface area contributed by atoms with Crippen molar-refractivity contribution < 1.29 is 23.4 Å². The Kier molecular flexibility index (Phi) is 3.35. The molecule has 6 heteroatoms. The second-order valence-electron chi connectivity index (χ2n) is 5.83. The molecule has 1 aliphatic rings. The van der Waals surface area contributed by atoms with Crippen molar-refractivity contribution in [3.8, 4) is 0 Å². The van der Waals surface area contributed by atoms with E-state index in [1.807, 2.05) is 0 Å². The topological polar surface area (TPSA) is 91.7 Å². The Morgan fingerprint density at radius 2 is 1.88 bits per heavy atom. The Morgan fingerprint density at radius 1 is 1.41 bits per heavy atom. The minimum atomic E-state index is -3.22. The summed E-state index contributed by atoms with van der Waals surface area (Å²) in [5, 5.41) is 18.6. The molecular formula is C11H20O5S. The summed E-state index contributed by atoms with van der Waals surface area (Å²) in [7, 11) is -3.22. The number of hydrogen-bond acceptors (Lipinski definition) is 4. The van der Waals surface area contributed by atoms with E-state index in [1.165, 1.54) is 0 Å². The maximum absolute atomic E-state index is 11.9. The number of aliphatic carboxylic acids is 1. The van der Waals surface area contributed by atoms with Gasteiger partial charge in [-0.15, -0.1) is 0 Å². The first-order valence-corrected chi connectivity index (χ1v) is 7.23. The lowest BCUT2D eigenvalue weighted by Gasteiger charge is -2.40. The third-order valence-electron chi connectivity index (χ3n) is 4.15. The summed E-state index contributed by atoms with van der Waals surface area (Å²) in [6.07, 6.45) is -1.16. The number of aliphatic hydroxyl groups is 1. The van der Waals surface area contributed by atoms with Crippen LogP contribution in [0, 0.1) is 11.3 Å². The van der Waals surface area contributed by atoms with Gasteiger partial charge in [0.25, 0.3) is 0 Å². The molecule has 1 aliphatic heterocycles. The van der Waals surface area contributed by atoms with Crippen molar-refractivity contribution >= 4 is 15.8 Å². The number of sulfone groups is 1. The fourth-order valence-corrected chi connectivity index (χ4v) is 4.80. The van der Waals surface area contributed by atoms with E-state index in [9.17, 15) is 18.3 Å². The van der Waals surface area contributed by atoms with Crippen LogP contribution in [-0.2, 0) is 14.6 Å². The molecule has 0 aromatic heterocycles. The van der Waals surface area contributed by atoms with Crippen LogP contribution in [0.25, 0.3) is 0 Å². The molecule has 1 saturated heterocycles. The normalized spacial score (nSPS) is 28.9. The number of carboxylic acids is 1. The van der Waals surface area contributed by atoms with Gasteiger partial charge < -0.3 is 10.2 Å². The van der Waals surface area contributed by atoms with Crippen LogP contribution in [0.4, 0.5) is 0 Å². The highest BCUT2D eigenvalue weighted by atomic mass is 32.2. The van der Waals surface area contributed by atoms with Crippen LogP contribution in [0.15, 0.2) is 0 Å². The van der Waals surface area contributed by atoms with E-state index in [0.717, 1.165) is 0 Å². The fourth-order valence-electron chi connectivity index (χ4n) is 2.88. The SMILES string of the molecule is CC(C)(C(O)C(=O)O)C1CCS(=O)(=O)C1(C)C. The van der Waals surface area contributed by atoms with Crippen molar-refractivity contribution in [1.82, 2.24) is 0 Å². The molecule has 1 fully saturated rings. The van der Waals surface area contributed by atoms with Crippen LogP contribution in [-0.4, -0.2) is 41.2 Å². The van der Waals surface area contributed by atoms with Gasteiger partial charge in [0.2, 0.25) is 0 Å². The average molecular weight is 264 g/mol. The third kappa shape index (κ3) is 2.08. The van der Waals surface area contributed by atoms with Crippen molar-refractivity contribution in [1.29, 1.82) is 0 Å². The zero-order chi connectivity index (χ0) is 13.6. The quantitative estimate of drug-likeness (QED) is 0.781. The van der Waals surface area contributed by atoms with Crippen LogP contribution in [0.5, 0.6) is 0 Å². The molecule has 100 valence electrons. The van der Waals surface area contributed by atoms with Crippen LogP contribution in [0.3, 0.4) is 0 Å². The van der Waals surface area contributed by atoms with E-state index in [1.54, 1.807) is 27.7 Å². The fraction of sp³-hybridized carbons (Fsp3) is 0.909. The monoisotopic (exact) mass is 264 g/mol. The van der Waals surface area contributed by atoms with Crippen LogP contribution in [0.1, 0.15) is 34.1 Å². The number of aliphatic hydroxyl groups excluding tert-OH is 1. The Morgan fingerprint density at radius 3 is 2.18 bits per heavy atom. The molecule has 1 rings (SSSR count). The zero-order valence-corrected chi connectivity index (χ0v) is 11.4.